The summed E-state index contributed by atoms with van der Waals surface area (Å²) in [7, 11) is 0. The van der Waals surface area contributed by atoms with Crippen LogP contribution in [0.2, 0.25) is 0 Å². The van der Waals surface area contributed by atoms with E-state index in [9.17, 15) is 0 Å². The molecule has 5 N–H and O–H groups in total. The lowest BCUT2D eigenvalue weighted by Crippen LogP contribution is -2.04. The number of hydrazone groups is 1. The maximum atomic E-state index is 5.56. The van der Waals surface area contributed by atoms with Crippen LogP contribution in [0.1, 0.15) is 43.9 Å². The first-order valence-electron chi connectivity index (χ1n) is 8.95. The van der Waals surface area contributed by atoms with E-state index in [1.165, 1.54) is 11.1 Å². The highest BCUT2D eigenvalue weighted by molar-refractivity contribution is 6.30. The second kappa shape index (κ2) is 10.9. The molecule has 0 saturated heterocycles. The normalized spacial score (nSPS) is 12.8. The maximum Gasteiger partial charge on any atom is 0.197 e. The molecular weight excluding hydrogens is 324 g/mol. The highest BCUT2D eigenvalue weighted by Gasteiger charge is 2.00. The van der Waals surface area contributed by atoms with E-state index in [0.29, 0.717) is 12.5 Å². The van der Waals surface area contributed by atoms with Gasteiger partial charge in [-0.3, -0.25) is 4.99 Å². The molecular formula is C20H28N6. The van der Waals surface area contributed by atoms with Crippen LogP contribution in [0, 0.1) is 0 Å². The molecule has 26 heavy (non-hydrogen) atoms. The Hall–Kier alpha value is -2.89. The van der Waals surface area contributed by atoms with E-state index in [1.54, 1.807) is 12.4 Å². The number of aryl methyl sites for hydroxylation is 1. The molecule has 0 atom stereocenters. The highest BCUT2D eigenvalue weighted by Crippen LogP contribution is 2.08. The fourth-order valence-corrected chi connectivity index (χ4v) is 2.64. The molecule has 0 aliphatic rings. The Morgan fingerprint density at radius 1 is 1.19 bits per heavy atom. The number of aromatic amines is 1. The molecule has 0 spiro atoms. The Balaban J connectivity index is 1.66. The van der Waals surface area contributed by atoms with Gasteiger partial charge in [0.2, 0.25) is 0 Å². The Labute approximate surface area is 155 Å². The molecule has 0 aliphatic carbocycles. The van der Waals surface area contributed by atoms with Crippen LogP contribution in [-0.2, 0) is 6.42 Å². The van der Waals surface area contributed by atoms with Crippen molar-refractivity contribution in [2.24, 2.45) is 15.9 Å². The molecule has 6 nitrogen and oxygen atoms in total. The van der Waals surface area contributed by atoms with Crippen LogP contribution in [0.3, 0.4) is 0 Å². The summed E-state index contributed by atoms with van der Waals surface area (Å²) in [5.74, 6) is 5.95. The molecule has 6 heteroatoms. The molecule has 0 radical (unpaired) electrons. The molecule has 1 aromatic carbocycles. The predicted molar refractivity (Wildman–Crippen MR) is 110 cm³/mol. The molecule has 2 rings (SSSR count). The van der Waals surface area contributed by atoms with E-state index in [2.05, 4.69) is 45.2 Å². The number of anilines is 1. The van der Waals surface area contributed by atoms with Crippen molar-refractivity contribution in [2.75, 3.05) is 12.3 Å². The van der Waals surface area contributed by atoms with Gasteiger partial charge >= 0.3 is 0 Å². The number of imidazole rings is 1. The summed E-state index contributed by atoms with van der Waals surface area (Å²) in [5, 5.41) is 3.84. The zero-order chi connectivity index (χ0) is 18.6. The summed E-state index contributed by atoms with van der Waals surface area (Å²) in [5.41, 5.74) is 9.86. The number of unbranched alkanes of at least 4 members (excludes halogenated alkanes) is 2. The van der Waals surface area contributed by atoms with Gasteiger partial charge in [0, 0.05) is 11.9 Å². The maximum absolute atomic E-state index is 5.56. The third-order valence-electron chi connectivity index (χ3n) is 3.99. The third-order valence-corrected chi connectivity index (χ3v) is 3.99. The van der Waals surface area contributed by atoms with Gasteiger partial charge in [0.25, 0.3) is 0 Å². The van der Waals surface area contributed by atoms with E-state index < -0.39 is 0 Å². The topological polar surface area (TPSA) is 105 Å². The van der Waals surface area contributed by atoms with Crippen molar-refractivity contribution in [1.82, 2.24) is 9.97 Å². The minimum absolute atomic E-state index is 0.477. The largest absolute Gasteiger partial charge is 0.369 e. The van der Waals surface area contributed by atoms with Crippen molar-refractivity contribution in [3.8, 4) is 0 Å². The first-order chi connectivity index (χ1) is 12.7. The monoisotopic (exact) mass is 352 g/mol. The van der Waals surface area contributed by atoms with Gasteiger partial charge in [-0.05, 0) is 38.2 Å². The van der Waals surface area contributed by atoms with Crippen LogP contribution in [0.5, 0.6) is 0 Å². The number of nitrogens with one attached hydrogen (secondary N) is 1. The summed E-state index contributed by atoms with van der Waals surface area (Å²) in [6, 6.07) is 10.2. The Kier molecular flexibility index (Phi) is 8.12. The number of rotatable bonds is 10. The van der Waals surface area contributed by atoms with E-state index in [-0.39, 0.29) is 0 Å². The van der Waals surface area contributed by atoms with E-state index >= 15 is 0 Å². The minimum Gasteiger partial charge on any atom is -0.369 e. The van der Waals surface area contributed by atoms with Crippen LogP contribution < -0.4 is 11.6 Å². The SMILES string of the molecule is C/C(=C\c1ccccc1)CN=CC(CCCCCc1cnc(N)[nH]1)=NN. The van der Waals surface area contributed by atoms with Gasteiger partial charge in [-0.1, -0.05) is 48.4 Å². The average Bonchev–Trinajstić information content (AvgIpc) is 3.06. The Morgan fingerprint density at radius 2 is 2.00 bits per heavy atom. The van der Waals surface area contributed by atoms with Gasteiger partial charge in [0.15, 0.2) is 5.95 Å². The number of nitrogen functional groups attached to an aromatic ring is 1. The summed E-state index contributed by atoms with van der Waals surface area (Å²) >= 11 is 0. The quantitative estimate of drug-likeness (QED) is 0.263. The summed E-state index contributed by atoms with van der Waals surface area (Å²) < 4.78 is 0. The van der Waals surface area contributed by atoms with Gasteiger partial charge in [0.05, 0.1) is 18.5 Å². The second-order valence-corrected chi connectivity index (χ2v) is 6.35. The van der Waals surface area contributed by atoms with Gasteiger partial charge < -0.3 is 16.6 Å². The summed E-state index contributed by atoms with van der Waals surface area (Å²) in [4.78, 5) is 11.5. The number of hydrogen-bond acceptors (Lipinski definition) is 5. The number of nitrogens with zero attached hydrogens (tertiary/aromatic N) is 3. The number of nitrogens with two attached hydrogens (primary N) is 2. The van der Waals surface area contributed by atoms with E-state index in [0.717, 1.165) is 43.5 Å². The van der Waals surface area contributed by atoms with Gasteiger partial charge in [0.1, 0.15) is 0 Å². The van der Waals surface area contributed by atoms with E-state index in [4.69, 9.17) is 11.6 Å². The lowest BCUT2D eigenvalue weighted by Gasteiger charge is -2.01. The number of benzene rings is 1. The highest BCUT2D eigenvalue weighted by atomic mass is 15.1. The van der Waals surface area contributed by atoms with Crippen molar-refractivity contribution in [3.63, 3.8) is 0 Å². The number of aliphatic imine (C=N–C) groups is 1. The summed E-state index contributed by atoms with van der Waals surface area (Å²) in [6.07, 6.45) is 10.7. The smallest absolute Gasteiger partial charge is 0.197 e. The first kappa shape index (κ1) is 19.4. The van der Waals surface area contributed by atoms with Crippen molar-refractivity contribution in [3.05, 3.63) is 53.4 Å². The molecule has 0 saturated carbocycles. The number of aromatic nitrogens is 2. The fourth-order valence-electron chi connectivity index (χ4n) is 2.64. The van der Waals surface area contributed by atoms with Gasteiger partial charge in [-0.25, -0.2) is 4.98 Å². The summed E-state index contributed by atoms with van der Waals surface area (Å²) in [6.45, 7) is 2.72. The average molecular weight is 352 g/mol. The standard InChI is InChI=1S/C20H28N6/c1-16(12-17-8-4-2-5-9-17)13-23-14-19(26-22)11-7-3-6-10-18-15-24-20(21)25-18/h2,4-5,8-9,12,14-15H,3,6-7,10-11,13,22H2,1H3,(H3,21,24,25)/b16-12+,23-14?,26-19?. The molecule has 1 heterocycles. The van der Waals surface area contributed by atoms with Crippen LogP contribution in [0.15, 0.2) is 52.2 Å². The van der Waals surface area contributed by atoms with Crippen LogP contribution in [0.25, 0.3) is 6.08 Å². The lowest BCUT2D eigenvalue weighted by atomic mass is 10.1. The van der Waals surface area contributed by atoms with Gasteiger partial charge in [-0.15, -0.1) is 0 Å². The molecule has 0 fully saturated rings. The van der Waals surface area contributed by atoms with Crippen LogP contribution in [-0.4, -0.2) is 28.4 Å². The van der Waals surface area contributed by atoms with Crippen LogP contribution >= 0.6 is 0 Å². The zero-order valence-electron chi connectivity index (χ0n) is 15.4. The van der Waals surface area contributed by atoms with Crippen molar-refractivity contribution in [1.29, 1.82) is 0 Å². The molecule has 1 aromatic heterocycles. The number of hydrogen-bond donors (Lipinski definition) is 3. The second-order valence-electron chi connectivity index (χ2n) is 6.35. The fraction of sp³-hybridized carbons (Fsp3) is 0.350. The minimum atomic E-state index is 0.477. The molecule has 0 unspecified atom stereocenters. The number of H-pyrrole nitrogens is 1. The molecule has 138 valence electrons. The third kappa shape index (κ3) is 7.34. The molecule has 0 aliphatic heterocycles. The lowest BCUT2D eigenvalue weighted by molar-refractivity contribution is 0.690. The Bertz CT molecular complexity index is 743. The van der Waals surface area contributed by atoms with E-state index in [1.807, 2.05) is 18.2 Å². The predicted octanol–water partition coefficient (Wildman–Crippen LogP) is 3.58. The molecule has 0 amide bonds. The molecule has 0 bridgehead atoms. The first-order valence-corrected chi connectivity index (χ1v) is 8.95. The van der Waals surface area contributed by atoms with Crippen LogP contribution in [0.4, 0.5) is 5.95 Å². The Morgan fingerprint density at radius 3 is 2.69 bits per heavy atom. The van der Waals surface area contributed by atoms with Gasteiger partial charge in [-0.2, -0.15) is 5.10 Å². The van der Waals surface area contributed by atoms with Crippen molar-refractivity contribution < 1.29 is 0 Å². The molecule has 2 aromatic rings. The zero-order valence-corrected chi connectivity index (χ0v) is 15.4. The van der Waals surface area contributed by atoms with Crippen molar-refractivity contribution in [2.45, 2.75) is 39.0 Å². The van der Waals surface area contributed by atoms with Crippen molar-refractivity contribution >= 4 is 24.0 Å².